The number of aliphatic imine (C=N–C) groups is 1. The number of nitrogens with one attached hydrogen (secondary N) is 1. The van der Waals surface area contributed by atoms with Crippen LogP contribution in [0.5, 0.6) is 0 Å². The van der Waals surface area contributed by atoms with Crippen LogP contribution in [0.4, 0.5) is 5.69 Å². The molecule has 1 aromatic carbocycles. The Bertz CT molecular complexity index is 304. The summed E-state index contributed by atoms with van der Waals surface area (Å²) in [4.78, 5) is 4.29. The molecule has 0 aliphatic heterocycles. The predicted octanol–water partition coefficient (Wildman–Crippen LogP) is 2.11. The first-order chi connectivity index (χ1) is 6.40. The molecule has 0 saturated heterocycles. The van der Waals surface area contributed by atoms with E-state index in [0.29, 0.717) is 11.8 Å². The van der Waals surface area contributed by atoms with Gasteiger partial charge in [0.15, 0.2) is 0 Å². The van der Waals surface area contributed by atoms with Crippen molar-refractivity contribution < 1.29 is 5.21 Å². The van der Waals surface area contributed by atoms with Crippen molar-refractivity contribution >= 4 is 11.5 Å². The van der Waals surface area contributed by atoms with Gasteiger partial charge in [-0.1, -0.05) is 18.2 Å². The van der Waals surface area contributed by atoms with Gasteiger partial charge in [-0.2, -0.15) is 0 Å². The summed E-state index contributed by atoms with van der Waals surface area (Å²) in [5, 5.41) is 8.82. The molecule has 0 aromatic heterocycles. The third-order valence-corrected chi connectivity index (χ3v) is 2.08. The molecule has 1 saturated carbocycles. The minimum atomic E-state index is 0.435. The molecule has 0 unspecified atom stereocenters. The Labute approximate surface area is 77.1 Å². The van der Waals surface area contributed by atoms with E-state index in [9.17, 15) is 0 Å². The molecular weight excluding hydrogens is 164 g/mol. The highest BCUT2D eigenvalue weighted by atomic mass is 16.5. The van der Waals surface area contributed by atoms with Crippen molar-refractivity contribution in [2.45, 2.75) is 12.8 Å². The molecule has 13 heavy (non-hydrogen) atoms. The number of amidine groups is 1. The van der Waals surface area contributed by atoms with E-state index in [4.69, 9.17) is 5.21 Å². The van der Waals surface area contributed by atoms with Gasteiger partial charge in [-0.3, -0.25) is 10.7 Å². The highest BCUT2D eigenvalue weighted by Gasteiger charge is 2.27. The molecule has 1 aromatic rings. The molecule has 0 bridgehead atoms. The van der Waals surface area contributed by atoms with Gasteiger partial charge in [0.25, 0.3) is 0 Å². The van der Waals surface area contributed by atoms with Crippen LogP contribution in [-0.2, 0) is 0 Å². The number of benzene rings is 1. The SMILES string of the molecule is ONC(=Nc1ccccc1)C1CC1. The van der Waals surface area contributed by atoms with Gasteiger partial charge in [0.05, 0.1) is 5.69 Å². The highest BCUT2D eigenvalue weighted by molar-refractivity contribution is 5.87. The van der Waals surface area contributed by atoms with Crippen molar-refractivity contribution in [3.63, 3.8) is 0 Å². The van der Waals surface area contributed by atoms with Crippen molar-refractivity contribution in [1.82, 2.24) is 5.48 Å². The highest BCUT2D eigenvalue weighted by Crippen LogP contribution is 2.30. The Hall–Kier alpha value is -1.35. The number of para-hydroxylation sites is 1. The average molecular weight is 176 g/mol. The van der Waals surface area contributed by atoms with Crippen LogP contribution in [0.3, 0.4) is 0 Å². The van der Waals surface area contributed by atoms with Crippen LogP contribution >= 0.6 is 0 Å². The fraction of sp³-hybridized carbons (Fsp3) is 0.300. The van der Waals surface area contributed by atoms with E-state index < -0.39 is 0 Å². The van der Waals surface area contributed by atoms with Gasteiger partial charge in [0.2, 0.25) is 0 Å². The number of hydrogen-bond donors (Lipinski definition) is 2. The van der Waals surface area contributed by atoms with Gasteiger partial charge in [-0.25, -0.2) is 4.99 Å². The molecule has 3 nitrogen and oxygen atoms in total. The van der Waals surface area contributed by atoms with Gasteiger partial charge in [-0.05, 0) is 25.0 Å². The lowest BCUT2D eigenvalue weighted by Crippen LogP contribution is -2.20. The first kappa shape index (κ1) is 8.26. The maximum atomic E-state index is 8.82. The molecule has 1 aliphatic carbocycles. The van der Waals surface area contributed by atoms with Gasteiger partial charge < -0.3 is 0 Å². The first-order valence-corrected chi connectivity index (χ1v) is 4.44. The Morgan fingerprint density at radius 3 is 2.54 bits per heavy atom. The predicted molar refractivity (Wildman–Crippen MR) is 51.2 cm³/mol. The van der Waals surface area contributed by atoms with Gasteiger partial charge in [-0.15, -0.1) is 0 Å². The van der Waals surface area contributed by atoms with Crippen LogP contribution in [-0.4, -0.2) is 11.0 Å². The van der Waals surface area contributed by atoms with Crippen molar-refractivity contribution in [1.29, 1.82) is 0 Å². The van der Waals surface area contributed by atoms with E-state index in [2.05, 4.69) is 10.5 Å². The Morgan fingerprint density at radius 1 is 1.31 bits per heavy atom. The van der Waals surface area contributed by atoms with Crippen LogP contribution < -0.4 is 5.48 Å². The molecule has 0 heterocycles. The molecule has 0 atom stereocenters. The number of nitrogens with zero attached hydrogens (tertiary/aromatic N) is 1. The molecule has 1 fully saturated rings. The van der Waals surface area contributed by atoms with Crippen molar-refractivity contribution in [3.8, 4) is 0 Å². The second-order valence-electron chi connectivity index (χ2n) is 3.22. The van der Waals surface area contributed by atoms with Crippen LogP contribution in [0, 0.1) is 5.92 Å². The van der Waals surface area contributed by atoms with Crippen LogP contribution in [0.2, 0.25) is 0 Å². The summed E-state index contributed by atoms with van der Waals surface area (Å²) in [5.74, 6) is 1.12. The van der Waals surface area contributed by atoms with E-state index >= 15 is 0 Å². The molecule has 0 amide bonds. The van der Waals surface area contributed by atoms with E-state index in [-0.39, 0.29) is 0 Å². The van der Waals surface area contributed by atoms with Gasteiger partial charge >= 0.3 is 0 Å². The summed E-state index contributed by atoms with van der Waals surface area (Å²) in [6.07, 6.45) is 2.25. The van der Waals surface area contributed by atoms with Gasteiger partial charge in [0, 0.05) is 5.92 Å². The molecule has 1 aliphatic rings. The first-order valence-electron chi connectivity index (χ1n) is 4.44. The number of hydroxylamine groups is 1. The molecule has 0 spiro atoms. The number of rotatable bonds is 2. The Morgan fingerprint density at radius 2 is 2.00 bits per heavy atom. The molecule has 2 N–H and O–H groups in total. The quantitative estimate of drug-likeness (QED) is 0.412. The Balaban J connectivity index is 2.17. The second-order valence-corrected chi connectivity index (χ2v) is 3.22. The maximum absolute atomic E-state index is 8.82. The average Bonchev–Trinajstić information content (AvgIpc) is 2.99. The lowest BCUT2D eigenvalue weighted by molar-refractivity contribution is 0.231. The van der Waals surface area contributed by atoms with Crippen molar-refractivity contribution in [2.75, 3.05) is 0 Å². The third-order valence-electron chi connectivity index (χ3n) is 2.08. The zero-order valence-electron chi connectivity index (χ0n) is 7.27. The van der Waals surface area contributed by atoms with Crippen LogP contribution in [0.25, 0.3) is 0 Å². The fourth-order valence-electron chi connectivity index (χ4n) is 1.21. The smallest absolute Gasteiger partial charge is 0.129 e. The number of hydrogen-bond acceptors (Lipinski definition) is 2. The fourth-order valence-corrected chi connectivity index (χ4v) is 1.21. The molecular formula is C10H12N2O. The van der Waals surface area contributed by atoms with E-state index in [1.54, 1.807) is 0 Å². The summed E-state index contributed by atoms with van der Waals surface area (Å²) in [6.45, 7) is 0. The standard InChI is InChI=1S/C10H12N2O/c13-12-10(8-6-7-8)11-9-4-2-1-3-5-9/h1-5,8,13H,6-7H2,(H,11,12). The summed E-state index contributed by atoms with van der Waals surface area (Å²) >= 11 is 0. The van der Waals surface area contributed by atoms with Crippen LogP contribution in [0.1, 0.15) is 12.8 Å². The summed E-state index contributed by atoms with van der Waals surface area (Å²) in [7, 11) is 0. The lowest BCUT2D eigenvalue weighted by atomic mass is 10.3. The van der Waals surface area contributed by atoms with E-state index in [0.717, 1.165) is 18.5 Å². The molecule has 68 valence electrons. The summed E-state index contributed by atoms with van der Waals surface area (Å²) in [5.41, 5.74) is 3.04. The summed E-state index contributed by atoms with van der Waals surface area (Å²) < 4.78 is 0. The molecule has 0 radical (unpaired) electrons. The third kappa shape index (κ3) is 2.06. The van der Waals surface area contributed by atoms with E-state index in [1.165, 1.54) is 0 Å². The van der Waals surface area contributed by atoms with Gasteiger partial charge in [0.1, 0.15) is 5.84 Å². The minimum absolute atomic E-state index is 0.435. The maximum Gasteiger partial charge on any atom is 0.129 e. The zero-order valence-corrected chi connectivity index (χ0v) is 7.27. The van der Waals surface area contributed by atoms with Crippen LogP contribution in [0.15, 0.2) is 35.3 Å². The molecule has 3 heteroatoms. The minimum Gasteiger partial charge on any atom is -0.290 e. The monoisotopic (exact) mass is 176 g/mol. The van der Waals surface area contributed by atoms with Crippen molar-refractivity contribution in [3.05, 3.63) is 30.3 Å². The van der Waals surface area contributed by atoms with E-state index in [1.807, 2.05) is 30.3 Å². The zero-order chi connectivity index (χ0) is 9.10. The summed E-state index contributed by atoms with van der Waals surface area (Å²) in [6, 6.07) is 9.64. The topological polar surface area (TPSA) is 44.6 Å². The molecule has 2 rings (SSSR count). The normalized spacial score (nSPS) is 17.2. The largest absolute Gasteiger partial charge is 0.290 e. The second kappa shape index (κ2) is 3.58. The van der Waals surface area contributed by atoms with Crippen molar-refractivity contribution in [2.24, 2.45) is 10.9 Å². The lowest BCUT2D eigenvalue weighted by Gasteiger charge is -2.01. The Kier molecular flexibility index (Phi) is 2.27.